The highest BCUT2D eigenvalue weighted by atomic mass is 16.5. The second-order valence-corrected chi connectivity index (χ2v) is 9.51. The lowest BCUT2D eigenvalue weighted by atomic mass is 9.79. The molecule has 1 unspecified atom stereocenters. The highest BCUT2D eigenvalue weighted by Gasteiger charge is 2.25. The summed E-state index contributed by atoms with van der Waals surface area (Å²) in [5.41, 5.74) is 4.98. The van der Waals surface area contributed by atoms with E-state index in [0.29, 0.717) is 18.3 Å². The number of H-pyrrole nitrogens is 1. The minimum absolute atomic E-state index is 0.243. The van der Waals surface area contributed by atoms with Gasteiger partial charge in [0.05, 0.1) is 24.9 Å². The predicted octanol–water partition coefficient (Wildman–Crippen LogP) is 4.39. The molecular weight excluding hydrogens is 438 g/mol. The molecule has 0 spiro atoms. The Hall–Kier alpha value is -3.62. The highest BCUT2D eigenvalue weighted by molar-refractivity contribution is 6.12. The van der Waals surface area contributed by atoms with Gasteiger partial charge in [-0.2, -0.15) is 0 Å². The van der Waals surface area contributed by atoms with Gasteiger partial charge in [-0.25, -0.2) is 15.0 Å². The molecule has 5 aromatic rings. The van der Waals surface area contributed by atoms with E-state index in [9.17, 15) is 0 Å². The van der Waals surface area contributed by atoms with Crippen LogP contribution in [0.5, 0.6) is 0 Å². The summed E-state index contributed by atoms with van der Waals surface area (Å²) in [6.07, 6.45) is 9.35. The maximum atomic E-state index is 5.66. The first-order valence-electron chi connectivity index (χ1n) is 12.4. The molecule has 8 heteroatoms. The lowest BCUT2D eigenvalue weighted by Gasteiger charge is -2.28. The highest BCUT2D eigenvalue weighted by Crippen LogP contribution is 2.41. The van der Waals surface area contributed by atoms with Crippen molar-refractivity contribution < 1.29 is 4.74 Å². The van der Waals surface area contributed by atoms with Crippen LogP contribution in [0.4, 0.5) is 5.82 Å². The smallest absolute Gasteiger partial charge is 0.163 e. The third kappa shape index (κ3) is 3.61. The first kappa shape index (κ1) is 20.7. The van der Waals surface area contributed by atoms with Gasteiger partial charge in [-0.1, -0.05) is 24.6 Å². The van der Waals surface area contributed by atoms with Crippen molar-refractivity contribution in [3.8, 4) is 11.4 Å². The quantitative estimate of drug-likeness (QED) is 0.354. The average Bonchev–Trinajstić information content (AvgIpc) is 3.26. The van der Waals surface area contributed by atoms with Crippen LogP contribution >= 0.6 is 0 Å². The first-order valence-corrected chi connectivity index (χ1v) is 12.4. The zero-order valence-corrected chi connectivity index (χ0v) is 19.4. The van der Waals surface area contributed by atoms with Crippen molar-refractivity contribution in [2.75, 3.05) is 31.6 Å². The molecule has 0 radical (unpaired) electrons. The maximum Gasteiger partial charge on any atom is 0.163 e. The Morgan fingerprint density at radius 2 is 2.00 bits per heavy atom. The van der Waals surface area contributed by atoms with E-state index in [-0.39, 0.29) is 6.04 Å². The second kappa shape index (κ2) is 8.55. The van der Waals surface area contributed by atoms with Crippen molar-refractivity contribution in [3.05, 3.63) is 54.5 Å². The number of rotatable bonds is 5. The van der Waals surface area contributed by atoms with Crippen molar-refractivity contribution in [1.82, 2.24) is 30.2 Å². The Balaban J connectivity index is 1.40. The van der Waals surface area contributed by atoms with Crippen LogP contribution in [-0.4, -0.2) is 57.3 Å². The number of benzene rings is 1. The van der Waals surface area contributed by atoms with E-state index >= 15 is 0 Å². The summed E-state index contributed by atoms with van der Waals surface area (Å²) in [4.78, 5) is 22.8. The Kier molecular flexibility index (Phi) is 5.06. The molecule has 0 bridgehead atoms. The summed E-state index contributed by atoms with van der Waals surface area (Å²) in [5.74, 6) is 2.07. The number of morpholine rings is 1. The molecule has 1 aliphatic heterocycles. The number of nitrogens with one attached hydrogen (secondary N) is 3. The number of aromatic nitrogens is 5. The van der Waals surface area contributed by atoms with Crippen LogP contribution in [0, 0.1) is 0 Å². The number of aromatic amines is 1. The van der Waals surface area contributed by atoms with Crippen LogP contribution in [-0.2, 0) is 4.74 Å². The largest absolute Gasteiger partial charge is 0.378 e. The summed E-state index contributed by atoms with van der Waals surface area (Å²) >= 11 is 0. The van der Waals surface area contributed by atoms with Crippen LogP contribution in [0.2, 0.25) is 0 Å². The van der Waals surface area contributed by atoms with Gasteiger partial charge in [-0.3, -0.25) is 4.98 Å². The molecule has 1 saturated carbocycles. The zero-order chi connectivity index (χ0) is 23.2. The van der Waals surface area contributed by atoms with Crippen molar-refractivity contribution in [2.45, 2.75) is 31.2 Å². The maximum absolute atomic E-state index is 5.66. The number of pyridine rings is 2. The summed E-state index contributed by atoms with van der Waals surface area (Å²) in [5, 5.41) is 10.4. The van der Waals surface area contributed by atoms with E-state index in [1.807, 2.05) is 30.7 Å². The van der Waals surface area contributed by atoms with E-state index in [1.165, 1.54) is 24.8 Å². The molecule has 1 atom stereocenters. The standard InChI is InChI=1S/C27H27N7O/c1-2-7-21-18(6-1)23-19(8-9-30-26(23)32-21)25-33-22-14-28-13-20(16-4-3-5-16)24(22)27(34-25)31-12-17-15-35-11-10-29-17/h1-2,6-9,13-14,16-17,29H,3-5,10-12,15H2,(H,30,32)(H,31,33,34). The van der Waals surface area contributed by atoms with E-state index in [4.69, 9.17) is 14.7 Å². The molecular formula is C27H27N7O. The minimum Gasteiger partial charge on any atom is -0.378 e. The zero-order valence-electron chi connectivity index (χ0n) is 19.4. The minimum atomic E-state index is 0.243. The number of para-hydroxylation sites is 1. The summed E-state index contributed by atoms with van der Waals surface area (Å²) in [6, 6.07) is 10.5. The van der Waals surface area contributed by atoms with Gasteiger partial charge in [0, 0.05) is 58.8 Å². The second-order valence-electron chi connectivity index (χ2n) is 9.51. The third-order valence-corrected chi connectivity index (χ3v) is 7.34. The van der Waals surface area contributed by atoms with Gasteiger partial charge in [-0.15, -0.1) is 0 Å². The molecule has 0 amide bonds. The van der Waals surface area contributed by atoms with Crippen LogP contribution in [0.25, 0.3) is 44.2 Å². The molecule has 3 N–H and O–H groups in total. The molecule has 7 rings (SSSR count). The molecule has 8 nitrogen and oxygen atoms in total. The Bertz CT molecular complexity index is 1540. The molecule has 1 aromatic carbocycles. The van der Waals surface area contributed by atoms with E-state index in [2.05, 4.69) is 43.8 Å². The van der Waals surface area contributed by atoms with Crippen LogP contribution in [0.15, 0.2) is 48.9 Å². The molecule has 176 valence electrons. The number of fused-ring (bicyclic) bond motifs is 4. The van der Waals surface area contributed by atoms with Gasteiger partial charge in [0.25, 0.3) is 0 Å². The van der Waals surface area contributed by atoms with Gasteiger partial charge in [0.1, 0.15) is 11.5 Å². The van der Waals surface area contributed by atoms with Gasteiger partial charge in [-0.05, 0) is 36.5 Å². The number of hydrogen-bond acceptors (Lipinski definition) is 7. The fourth-order valence-corrected chi connectivity index (χ4v) is 5.31. The van der Waals surface area contributed by atoms with Crippen LogP contribution in [0.3, 0.4) is 0 Å². The number of anilines is 1. The van der Waals surface area contributed by atoms with Gasteiger partial charge >= 0.3 is 0 Å². The SMILES string of the molecule is c1ccc2c(c1)[nH]c1nccc(-c3nc(NCC4COCCN4)c4c(C5CCC5)cncc4n3)c12. The Labute approximate surface area is 202 Å². The Morgan fingerprint density at radius 3 is 2.86 bits per heavy atom. The summed E-state index contributed by atoms with van der Waals surface area (Å²) < 4.78 is 5.66. The number of nitrogens with zero attached hydrogens (tertiary/aromatic N) is 4. The number of hydrogen-bond donors (Lipinski definition) is 3. The fraction of sp³-hybridized carbons (Fsp3) is 0.333. The lowest BCUT2D eigenvalue weighted by molar-refractivity contribution is 0.0806. The van der Waals surface area contributed by atoms with E-state index < -0.39 is 0 Å². The van der Waals surface area contributed by atoms with Crippen molar-refractivity contribution in [1.29, 1.82) is 0 Å². The summed E-state index contributed by atoms with van der Waals surface area (Å²) in [6.45, 7) is 3.06. The molecule has 35 heavy (non-hydrogen) atoms. The molecule has 1 aliphatic carbocycles. The topological polar surface area (TPSA) is 101 Å². The lowest BCUT2D eigenvalue weighted by Crippen LogP contribution is -2.45. The van der Waals surface area contributed by atoms with Gasteiger partial charge < -0.3 is 20.4 Å². The monoisotopic (exact) mass is 465 g/mol. The molecule has 2 fully saturated rings. The fourth-order valence-electron chi connectivity index (χ4n) is 5.31. The molecule has 2 aliphatic rings. The molecule has 1 saturated heterocycles. The summed E-state index contributed by atoms with van der Waals surface area (Å²) in [7, 11) is 0. The van der Waals surface area contributed by atoms with E-state index in [0.717, 1.165) is 63.9 Å². The van der Waals surface area contributed by atoms with Gasteiger partial charge in [0.15, 0.2) is 5.82 Å². The Morgan fingerprint density at radius 1 is 1.06 bits per heavy atom. The molecule has 5 heterocycles. The van der Waals surface area contributed by atoms with Crippen LogP contribution in [0.1, 0.15) is 30.7 Å². The van der Waals surface area contributed by atoms with Crippen molar-refractivity contribution in [3.63, 3.8) is 0 Å². The number of ether oxygens (including phenoxy) is 1. The van der Waals surface area contributed by atoms with E-state index in [1.54, 1.807) is 0 Å². The first-order chi connectivity index (χ1) is 17.3. The van der Waals surface area contributed by atoms with Crippen LogP contribution < -0.4 is 10.6 Å². The third-order valence-electron chi connectivity index (χ3n) is 7.34. The predicted molar refractivity (Wildman–Crippen MR) is 138 cm³/mol. The van der Waals surface area contributed by atoms with Gasteiger partial charge in [0.2, 0.25) is 0 Å². The molecule has 4 aromatic heterocycles. The van der Waals surface area contributed by atoms with Crippen molar-refractivity contribution >= 4 is 38.7 Å². The van der Waals surface area contributed by atoms with Crippen molar-refractivity contribution in [2.24, 2.45) is 0 Å². The normalized spacial score (nSPS) is 18.8. The average molecular weight is 466 g/mol.